The van der Waals surface area contributed by atoms with Gasteiger partial charge in [0.1, 0.15) is 18.0 Å². The molecule has 0 aliphatic heterocycles. The number of thioether (sulfide) groups is 1. The second-order valence-electron chi connectivity index (χ2n) is 7.15. The largest absolute Gasteiger partial charge is 0.497 e. The van der Waals surface area contributed by atoms with Gasteiger partial charge >= 0.3 is 0 Å². The number of carbonyl (C=O) groups is 1. The van der Waals surface area contributed by atoms with E-state index in [1.54, 1.807) is 36.0 Å². The van der Waals surface area contributed by atoms with Crippen LogP contribution < -0.4 is 19.1 Å². The van der Waals surface area contributed by atoms with Crippen LogP contribution in [0.5, 0.6) is 11.5 Å². The summed E-state index contributed by atoms with van der Waals surface area (Å²) in [5.41, 5.74) is 1.92. The molecule has 0 aromatic heterocycles. The van der Waals surface area contributed by atoms with Crippen LogP contribution in [0.2, 0.25) is 0 Å². The van der Waals surface area contributed by atoms with Crippen LogP contribution in [-0.2, 0) is 20.6 Å². The fraction of sp³-hybridized carbons (Fsp3) is 0.208. The third kappa shape index (κ3) is 6.90. The summed E-state index contributed by atoms with van der Waals surface area (Å²) in [5.74, 6) is 1.09. The molecule has 3 aromatic carbocycles. The third-order valence-corrected chi connectivity index (χ3v) is 6.94. The molecule has 1 N–H and O–H groups in total. The second kappa shape index (κ2) is 11.1. The molecule has 9 heteroatoms. The SMILES string of the molecule is COc1ccc(OC)c(N(CC(=O)Nc2ccc(CSc3ccccc3)cc2)S(C)(=O)=O)c1. The summed E-state index contributed by atoms with van der Waals surface area (Å²) in [7, 11) is -0.858. The molecule has 3 aromatic rings. The summed E-state index contributed by atoms with van der Waals surface area (Å²) in [6.45, 7) is -0.409. The van der Waals surface area contributed by atoms with E-state index in [4.69, 9.17) is 9.47 Å². The molecule has 33 heavy (non-hydrogen) atoms. The molecule has 0 saturated carbocycles. The number of sulfonamides is 1. The molecule has 1 amide bonds. The van der Waals surface area contributed by atoms with Crippen molar-refractivity contribution in [1.29, 1.82) is 0 Å². The Hall–Kier alpha value is -3.17. The lowest BCUT2D eigenvalue weighted by atomic mass is 10.2. The molecule has 0 radical (unpaired) electrons. The molecular formula is C24H26N2O5S2. The highest BCUT2D eigenvalue weighted by molar-refractivity contribution is 7.98. The normalized spacial score (nSPS) is 11.0. The van der Waals surface area contributed by atoms with Crippen LogP contribution >= 0.6 is 11.8 Å². The van der Waals surface area contributed by atoms with Gasteiger partial charge in [-0.15, -0.1) is 11.8 Å². The number of nitrogens with zero attached hydrogens (tertiary/aromatic N) is 1. The van der Waals surface area contributed by atoms with Gasteiger partial charge in [-0.25, -0.2) is 8.42 Å². The number of hydrogen-bond donors (Lipinski definition) is 1. The zero-order valence-corrected chi connectivity index (χ0v) is 20.3. The zero-order chi connectivity index (χ0) is 23.8. The van der Waals surface area contributed by atoms with Crippen molar-refractivity contribution < 1.29 is 22.7 Å². The topological polar surface area (TPSA) is 84.9 Å². The van der Waals surface area contributed by atoms with Crippen LogP contribution in [-0.4, -0.2) is 41.3 Å². The Labute approximate surface area is 198 Å². The monoisotopic (exact) mass is 486 g/mol. The Morgan fingerprint density at radius 3 is 2.27 bits per heavy atom. The van der Waals surface area contributed by atoms with E-state index in [1.807, 2.05) is 30.3 Å². The lowest BCUT2D eigenvalue weighted by molar-refractivity contribution is -0.114. The van der Waals surface area contributed by atoms with Crippen LogP contribution in [0.25, 0.3) is 0 Å². The maximum absolute atomic E-state index is 12.7. The minimum atomic E-state index is -3.77. The van der Waals surface area contributed by atoms with Crippen molar-refractivity contribution >= 4 is 39.1 Å². The molecule has 174 valence electrons. The molecule has 3 rings (SSSR count). The first-order valence-corrected chi connectivity index (χ1v) is 12.9. The Morgan fingerprint density at radius 1 is 0.970 bits per heavy atom. The van der Waals surface area contributed by atoms with Gasteiger partial charge < -0.3 is 14.8 Å². The first-order chi connectivity index (χ1) is 15.8. The summed E-state index contributed by atoms with van der Waals surface area (Å²) >= 11 is 1.73. The van der Waals surface area contributed by atoms with E-state index in [-0.39, 0.29) is 5.69 Å². The smallest absolute Gasteiger partial charge is 0.245 e. The van der Waals surface area contributed by atoms with E-state index < -0.39 is 22.5 Å². The third-order valence-electron chi connectivity index (χ3n) is 4.73. The van der Waals surface area contributed by atoms with Crippen molar-refractivity contribution in [2.24, 2.45) is 0 Å². The number of carbonyl (C=O) groups excluding carboxylic acids is 1. The van der Waals surface area contributed by atoms with Crippen molar-refractivity contribution in [3.8, 4) is 11.5 Å². The minimum absolute atomic E-state index is 0.225. The highest BCUT2D eigenvalue weighted by Crippen LogP contribution is 2.33. The van der Waals surface area contributed by atoms with Crippen molar-refractivity contribution in [3.05, 3.63) is 78.4 Å². The lowest BCUT2D eigenvalue weighted by Crippen LogP contribution is -2.37. The zero-order valence-electron chi connectivity index (χ0n) is 18.6. The highest BCUT2D eigenvalue weighted by Gasteiger charge is 2.24. The fourth-order valence-corrected chi connectivity index (χ4v) is 4.80. The van der Waals surface area contributed by atoms with Gasteiger partial charge in [-0.05, 0) is 42.0 Å². The molecule has 0 bridgehead atoms. The summed E-state index contributed by atoms with van der Waals surface area (Å²) in [6.07, 6.45) is 1.04. The van der Waals surface area contributed by atoms with Crippen molar-refractivity contribution in [1.82, 2.24) is 0 Å². The average molecular weight is 487 g/mol. The number of hydrogen-bond acceptors (Lipinski definition) is 6. The molecule has 0 unspecified atom stereocenters. The van der Waals surface area contributed by atoms with E-state index in [1.165, 1.54) is 25.2 Å². The number of nitrogens with one attached hydrogen (secondary N) is 1. The van der Waals surface area contributed by atoms with Gasteiger partial charge in [-0.2, -0.15) is 0 Å². The molecule has 7 nitrogen and oxygen atoms in total. The molecular weight excluding hydrogens is 460 g/mol. The molecule has 0 aliphatic rings. The Kier molecular flexibility index (Phi) is 8.24. The van der Waals surface area contributed by atoms with Gasteiger partial charge in [-0.1, -0.05) is 30.3 Å². The quantitative estimate of drug-likeness (QED) is 0.428. The van der Waals surface area contributed by atoms with Crippen LogP contribution in [0.4, 0.5) is 11.4 Å². The first-order valence-electron chi connectivity index (χ1n) is 10.1. The molecule has 0 heterocycles. The van der Waals surface area contributed by atoms with Crippen LogP contribution in [0.3, 0.4) is 0 Å². The van der Waals surface area contributed by atoms with Crippen molar-refractivity contribution in [2.75, 3.05) is 36.6 Å². The second-order valence-corrected chi connectivity index (χ2v) is 10.1. The maximum atomic E-state index is 12.7. The lowest BCUT2D eigenvalue weighted by Gasteiger charge is -2.24. The first kappa shape index (κ1) is 24.5. The maximum Gasteiger partial charge on any atom is 0.245 e. The van der Waals surface area contributed by atoms with Crippen molar-refractivity contribution in [3.63, 3.8) is 0 Å². The van der Waals surface area contributed by atoms with E-state index in [2.05, 4.69) is 17.4 Å². The summed E-state index contributed by atoms with van der Waals surface area (Å²) < 4.78 is 36.4. The van der Waals surface area contributed by atoms with Gasteiger partial charge in [0.2, 0.25) is 15.9 Å². The number of amides is 1. The molecule has 0 fully saturated rings. The van der Waals surface area contributed by atoms with Crippen LogP contribution in [0.15, 0.2) is 77.7 Å². The van der Waals surface area contributed by atoms with Gasteiger partial charge in [-0.3, -0.25) is 9.10 Å². The summed E-state index contributed by atoms with van der Waals surface area (Å²) in [5, 5.41) is 2.76. The Balaban J connectivity index is 1.69. The standard InChI is InChI=1S/C24H26N2O5S2/c1-30-20-13-14-23(31-2)22(15-20)26(33(3,28)29)16-24(27)25-19-11-9-18(10-12-19)17-32-21-7-5-4-6-8-21/h4-15H,16-17H2,1-3H3,(H,25,27). The number of ether oxygens (including phenoxy) is 2. The Morgan fingerprint density at radius 2 is 1.67 bits per heavy atom. The van der Waals surface area contributed by atoms with E-state index in [0.717, 1.165) is 21.9 Å². The molecule has 0 aliphatic carbocycles. The molecule has 0 spiro atoms. The number of benzene rings is 3. The van der Waals surface area contributed by atoms with Crippen molar-refractivity contribution in [2.45, 2.75) is 10.6 Å². The van der Waals surface area contributed by atoms with Gasteiger partial charge in [0.15, 0.2) is 0 Å². The summed E-state index contributed by atoms with van der Waals surface area (Å²) in [4.78, 5) is 13.9. The van der Waals surface area contributed by atoms with Gasteiger partial charge in [0.05, 0.1) is 26.2 Å². The predicted molar refractivity (Wildman–Crippen MR) is 133 cm³/mol. The number of rotatable bonds is 10. The Bertz CT molecular complexity index is 1180. The van der Waals surface area contributed by atoms with E-state index >= 15 is 0 Å². The minimum Gasteiger partial charge on any atom is -0.497 e. The number of anilines is 2. The highest BCUT2D eigenvalue weighted by atomic mass is 32.2. The predicted octanol–water partition coefficient (Wildman–Crippen LogP) is 4.40. The fourth-order valence-electron chi connectivity index (χ4n) is 3.07. The van der Waals surface area contributed by atoms with E-state index in [0.29, 0.717) is 17.2 Å². The van der Waals surface area contributed by atoms with Crippen LogP contribution in [0, 0.1) is 0 Å². The number of methoxy groups -OCH3 is 2. The van der Waals surface area contributed by atoms with E-state index in [9.17, 15) is 13.2 Å². The molecule has 0 atom stereocenters. The van der Waals surface area contributed by atoms with Gasteiger partial charge in [0, 0.05) is 22.4 Å². The average Bonchev–Trinajstić information content (AvgIpc) is 2.81. The molecule has 0 saturated heterocycles. The van der Waals surface area contributed by atoms with Gasteiger partial charge in [0.25, 0.3) is 0 Å². The summed E-state index contributed by atoms with van der Waals surface area (Å²) in [6, 6.07) is 22.3. The van der Waals surface area contributed by atoms with Crippen LogP contribution in [0.1, 0.15) is 5.56 Å².